The first-order valence-electron chi connectivity index (χ1n) is 8.10. The lowest BCUT2D eigenvalue weighted by atomic mass is 10.1. The smallest absolute Gasteiger partial charge is 0.251 e. The molecule has 4 N–H and O–H groups in total. The maximum absolute atomic E-state index is 12.2. The lowest BCUT2D eigenvalue weighted by molar-refractivity contribution is 0.0951. The first kappa shape index (κ1) is 22.0. The van der Waals surface area contributed by atoms with E-state index in [0.717, 1.165) is 5.56 Å². The van der Waals surface area contributed by atoms with Crippen LogP contribution in [0.25, 0.3) is 0 Å². The van der Waals surface area contributed by atoms with Gasteiger partial charge in [-0.15, -0.1) is 12.4 Å². The van der Waals surface area contributed by atoms with Crippen molar-refractivity contribution in [3.63, 3.8) is 0 Å². The first-order valence-corrected chi connectivity index (χ1v) is 9.76. The fourth-order valence-electron chi connectivity index (χ4n) is 2.31. The molecule has 0 saturated heterocycles. The molecule has 0 aromatic heterocycles. The van der Waals surface area contributed by atoms with Gasteiger partial charge in [0.2, 0.25) is 10.0 Å². The van der Waals surface area contributed by atoms with E-state index in [9.17, 15) is 13.2 Å². The van der Waals surface area contributed by atoms with Crippen LogP contribution in [0.5, 0.6) is 0 Å². The predicted octanol–water partition coefficient (Wildman–Crippen LogP) is 2.69. The largest absolute Gasteiger partial charge is 0.350 e. The molecular formula is C18H24ClN3O3S. The summed E-state index contributed by atoms with van der Waals surface area (Å²) in [4.78, 5) is 12.2. The molecule has 8 heteroatoms. The van der Waals surface area contributed by atoms with Crippen LogP contribution in [0.4, 0.5) is 5.69 Å². The van der Waals surface area contributed by atoms with E-state index in [1.54, 1.807) is 31.2 Å². The summed E-state index contributed by atoms with van der Waals surface area (Å²) >= 11 is 0. The van der Waals surface area contributed by atoms with Crippen molar-refractivity contribution >= 4 is 34.0 Å². The second-order valence-corrected chi connectivity index (χ2v) is 7.57. The van der Waals surface area contributed by atoms with E-state index in [1.165, 1.54) is 0 Å². The van der Waals surface area contributed by atoms with Crippen molar-refractivity contribution < 1.29 is 13.2 Å². The number of carbonyl (C=O) groups is 1. The summed E-state index contributed by atoms with van der Waals surface area (Å²) in [6, 6.07) is 15.5. The molecule has 0 aliphatic carbocycles. The molecule has 0 heterocycles. The average Bonchev–Trinajstić information content (AvgIpc) is 2.60. The number of nitrogens with two attached hydrogens (primary N) is 1. The number of rotatable bonds is 8. The Balaban J connectivity index is 0.00000338. The molecule has 0 fully saturated rings. The fraction of sp³-hybridized carbons (Fsp3) is 0.278. The number of sulfonamides is 1. The van der Waals surface area contributed by atoms with Crippen molar-refractivity contribution in [3.8, 4) is 0 Å². The van der Waals surface area contributed by atoms with Gasteiger partial charge in [0.15, 0.2) is 0 Å². The minimum absolute atomic E-state index is 0. The van der Waals surface area contributed by atoms with Crippen LogP contribution in [0.2, 0.25) is 0 Å². The summed E-state index contributed by atoms with van der Waals surface area (Å²) in [5.41, 5.74) is 7.88. The zero-order valence-corrected chi connectivity index (χ0v) is 16.1. The molecule has 2 rings (SSSR count). The molecule has 1 unspecified atom stereocenters. The topological polar surface area (TPSA) is 101 Å². The molecular weight excluding hydrogens is 374 g/mol. The van der Waals surface area contributed by atoms with Gasteiger partial charge in [-0.25, -0.2) is 8.42 Å². The van der Waals surface area contributed by atoms with Crippen LogP contribution in [-0.2, 0) is 10.0 Å². The summed E-state index contributed by atoms with van der Waals surface area (Å²) in [5.74, 6) is -0.193. The monoisotopic (exact) mass is 397 g/mol. The second kappa shape index (κ2) is 10.2. The van der Waals surface area contributed by atoms with Gasteiger partial charge in [-0.3, -0.25) is 9.52 Å². The van der Waals surface area contributed by atoms with Gasteiger partial charge in [0.1, 0.15) is 0 Å². The third-order valence-corrected chi connectivity index (χ3v) is 5.10. The van der Waals surface area contributed by atoms with Crippen LogP contribution in [0.1, 0.15) is 35.3 Å². The van der Waals surface area contributed by atoms with Crippen LogP contribution in [0.15, 0.2) is 54.6 Å². The number of carbonyl (C=O) groups excluding carboxylic acids is 1. The molecule has 0 aliphatic heterocycles. The Morgan fingerprint density at radius 3 is 2.27 bits per heavy atom. The third kappa shape index (κ3) is 6.67. The Hall–Kier alpha value is -2.09. The van der Waals surface area contributed by atoms with Crippen LogP contribution >= 0.6 is 12.4 Å². The van der Waals surface area contributed by atoms with Crippen molar-refractivity contribution in [2.75, 3.05) is 17.0 Å². The van der Waals surface area contributed by atoms with Crippen molar-refractivity contribution in [3.05, 3.63) is 65.7 Å². The van der Waals surface area contributed by atoms with E-state index >= 15 is 0 Å². The van der Waals surface area contributed by atoms with Crippen molar-refractivity contribution in [2.45, 2.75) is 19.4 Å². The van der Waals surface area contributed by atoms with E-state index in [4.69, 9.17) is 5.73 Å². The SMILES string of the molecule is CCCS(=O)(=O)Nc1ccc(C(=O)NCC(N)c2ccccc2)cc1.Cl. The van der Waals surface area contributed by atoms with E-state index in [1.807, 2.05) is 30.3 Å². The van der Waals surface area contributed by atoms with Crippen LogP contribution in [0, 0.1) is 0 Å². The van der Waals surface area contributed by atoms with Crippen molar-refractivity contribution in [2.24, 2.45) is 5.73 Å². The lowest BCUT2D eigenvalue weighted by Gasteiger charge is -2.13. The Kier molecular flexibility index (Phi) is 8.57. The summed E-state index contributed by atoms with van der Waals surface area (Å²) in [6.07, 6.45) is 0.539. The van der Waals surface area contributed by atoms with E-state index in [2.05, 4.69) is 10.0 Å². The third-order valence-electron chi connectivity index (χ3n) is 3.60. The van der Waals surface area contributed by atoms with Crippen molar-refractivity contribution in [1.82, 2.24) is 5.32 Å². The number of anilines is 1. The minimum Gasteiger partial charge on any atom is -0.350 e. The standard InChI is InChI=1S/C18H23N3O3S.ClH/c1-2-12-25(23,24)21-16-10-8-15(9-11-16)18(22)20-13-17(19)14-6-4-3-5-7-14;/h3-11,17,21H,2,12-13,19H2,1H3,(H,20,22);1H. The second-order valence-electron chi connectivity index (χ2n) is 5.73. The van der Waals surface area contributed by atoms with Gasteiger partial charge in [-0.1, -0.05) is 37.3 Å². The number of hydrogen-bond donors (Lipinski definition) is 3. The molecule has 2 aromatic rings. The number of nitrogens with one attached hydrogen (secondary N) is 2. The lowest BCUT2D eigenvalue weighted by Crippen LogP contribution is -2.31. The highest BCUT2D eigenvalue weighted by Gasteiger charge is 2.11. The fourth-order valence-corrected chi connectivity index (χ4v) is 3.45. The van der Waals surface area contributed by atoms with Gasteiger partial charge >= 0.3 is 0 Å². The quantitative estimate of drug-likeness (QED) is 0.637. The number of hydrogen-bond acceptors (Lipinski definition) is 4. The van der Waals surface area contributed by atoms with Crippen LogP contribution in [0.3, 0.4) is 0 Å². The number of halogens is 1. The summed E-state index contributed by atoms with van der Waals surface area (Å²) in [6.45, 7) is 2.11. The number of amides is 1. The Morgan fingerprint density at radius 2 is 1.69 bits per heavy atom. The normalized spacial score (nSPS) is 11.9. The molecule has 1 amide bonds. The van der Waals surface area contributed by atoms with E-state index in [-0.39, 0.29) is 30.1 Å². The van der Waals surface area contributed by atoms with E-state index in [0.29, 0.717) is 24.2 Å². The minimum atomic E-state index is -3.34. The van der Waals surface area contributed by atoms with Crippen LogP contribution < -0.4 is 15.8 Å². The predicted molar refractivity (Wildman–Crippen MR) is 107 cm³/mol. The molecule has 26 heavy (non-hydrogen) atoms. The van der Waals surface area contributed by atoms with Gasteiger partial charge in [0, 0.05) is 23.8 Å². The molecule has 0 aliphatic rings. The molecule has 0 saturated carbocycles. The maximum atomic E-state index is 12.2. The molecule has 1 atom stereocenters. The van der Waals surface area contributed by atoms with Gasteiger partial charge < -0.3 is 11.1 Å². The molecule has 142 valence electrons. The Labute approximate surface area is 160 Å². The highest BCUT2D eigenvalue weighted by molar-refractivity contribution is 7.92. The molecule has 6 nitrogen and oxygen atoms in total. The molecule has 0 bridgehead atoms. The zero-order valence-electron chi connectivity index (χ0n) is 14.5. The molecule has 2 aromatic carbocycles. The summed E-state index contributed by atoms with van der Waals surface area (Å²) in [5, 5.41) is 2.78. The van der Waals surface area contributed by atoms with Crippen LogP contribution in [-0.4, -0.2) is 26.6 Å². The maximum Gasteiger partial charge on any atom is 0.251 e. The Morgan fingerprint density at radius 1 is 1.08 bits per heavy atom. The Bertz CT molecular complexity index is 796. The van der Waals surface area contributed by atoms with Gasteiger partial charge in [-0.05, 0) is 36.2 Å². The van der Waals surface area contributed by atoms with Crippen molar-refractivity contribution in [1.29, 1.82) is 0 Å². The summed E-state index contributed by atoms with van der Waals surface area (Å²) < 4.78 is 25.9. The molecule has 0 spiro atoms. The van der Waals surface area contributed by atoms with Gasteiger partial charge in [-0.2, -0.15) is 0 Å². The zero-order chi connectivity index (χ0) is 18.3. The van der Waals surface area contributed by atoms with Gasteiger partial charge in [0.05, 0.1) is 5.75 Å². The first-order chi connectivity index (χ1) is 11.9. The van der Waals surface area contributed by atoms with Gasteiger partial charge in [0.25, 0.3) is 5.91 Å². The number of benzene rings is 2. The highest BCUT2D eigenvalue weighted by atomic mass is 35.5. The average molecular weight is 398 g/mol. The summed E-state index contributed by atoms with van der Waals surface area (Å²) in [7, 11) is -3.34. The van der Waals surface area contributed by atoms with E-state index < -0.39 is 10.0 Å². The molecule has 0 radical (unpaired) electrons. The highest BCUT2D eigenvalue weighted by Crippen LogP contribution is 2.13.